The van der Waals surface area contributed by atoms with Crippen LogP contribution in [0.3, 0.4) is 0 Å². The number of carbonyl (C=O) groups excluding carboxylic acids is 2. The molecule has 7 nitrogen and oxygen atoms in total. The van der Waals surface area contributed by atoms with Crippen LogP contribution in [0, 0.1) is 0 Å². The Hall–Kier alpha value is -3.16. The average Bonchev–Trinajstić information content (AvgIpc) is 3.32. The predicted octanol–water partition coefficient (Wildman–Crippen LogP) is 3.52. The van der Waals surface area contributed by atoms with Gasteiger partial charge < -0.3 is 5.32 Å². The van der Waals surface area contributed by atoms with Crippen LogP contribution in [0.25, 0.3) is 0 Å². The first-order chi connectivity index (χ1) is 13.5. The minimum absolute atomic E-state index is 0.138. The standard InChI is InChI=1S/C19H13Cl2N5O2/c20-13-7-8-14(21)15(11-13)26-19(28)16(25-10-4-9-22-25)17(24-26)23-18(27)12-5-2-1-3-6-12/h1-11,16H,(H,23,24,27). The van der Waals surface area contributed by atoms with Crippen molar-refractivity contribution < 1.29 is 9.59 Å². The Bertz CT molecular complexity index is 1070. The molecule has 1 aromatic heterocycles. The SMILES string of the molecule is O=C(NC1=NN(c2cc(Cl)ccc2Cl)C(=O)C1n1cccn1)c1ccccc1. The van der Waals surface area contributed by atoms with Crippen molar-refractivity contribution in [3.05, 3.63) is 82.6 Å². The van der Waals surface area contributed by atoms with Crippen molar-refractivity contribution in [3.8, 4) is 0 Å². The van der Waals surface area contributed by atoms with Crippen LogP contribution >= 0.6 is 23.2 Å². The summed E-state index contributed by atoms with van der Waals surface area (Å²) >= 11 is 12.3. The first-order valence-corrected chi connectivity index (χ1v) is 9.03. The summed E-state index contributed by atoms with van der Waals surface area (Å²) < 4.78 is 1.42. The zero-order valence-corrected chi connectivity index (χ0v) is 15.8. The highest BCUT2D eigenvalue weighted by molar-refractivity contribution is 6.36. The van der Waals surface area contributed by atoms with E-state index in [4.69, 9.17) is 23.2 Å². The van der Waals surface area contributed by atoms with Gasteiger partial charge in [-0.1, -0.05) is 41.4 Å². The van der Waals surface area contributed by atoms with Crippen LogP contribution in [-0.2, 0) is 4.79 Å². The number of amides is 2. The Morgan fingerprint density at radius 3 is 2.57 bits per heavy atom. The van der Waals surface area contributed by atoms with Gasteiger partial charge in [-0.05, 0) is 36.4 Å². The van der Waals surface area contributed by atoms with E-state index in [1.54, 1.807) is 54.9 Å². The van der Waals surface area contributed by atoms with Crippen LogP contribution in [0.1, 0.15) is 16.4 Å². The third-order valence-electron chi connectivity index (χ3n) is 4.11. The fourth-order valence-electron chi connectivity index (χ4n) is 2.81. The lowest BCUT2D eigenvalue weighted by Crippen LogP contribution is -2.38. The third kappa shape index (κ3) is 3.37. The number of nitrogens with zero attached hydrogens (tertiary/aromatic N) is 4. The summed E-state index contributed by atoms with van der Waals surface area (Å²) in [6.45, 7) is 0. The van der Waals surface area contributed by atoms with E-state index >= 15 is 0 Å². The van der Waals surface area contributed by atoms with E-state index < -0.39 is 11.9 Å². The van der Waals surface area contributed by atoms with Crippen LogP contribution < -0.4 is 10.3 Å². The van der Waals surface area contributed by atoms with Crippen LogP contribution in [-0.4, -0.2) is 27.4 Å². The van der Waals surface area contributed by atoms with Crippen molar-refractivity contribution in [2.24, 2.45) is 5.10 Å². The minimum atomic E-state index is -0.933. The van der Waals surface area contributed by atoms with Gasteiger partial charge in [0, 0.05) is 23.0 Å². The summed E-state index contributed by atoms with van der Waals surface area (Å²) in [4.78, 5) is 25.7. The first kappa shape index (κ1) is 18.2. The molecule has 2 aromatic carbocycles. The third-order valence-corrected chi connectivity index (χ3v) is 4.67. The zero-order valence-electron chi connectivity index (χ0n) is 14.3. The molecule has 1 aliphatic heterocycles. The smallest absolute Gasteiger partial charge is 0.280 e. The summed E-state index contributed by atoms with van der Waals surface area (Å²) in [7, 11) is 0. The molecule has 1 aliphatic rings. The number of nitrogens with one attached hydrogen (secondary N) is 1. The number of halogens is 2. The second-order valence-electron chi connectivity index (χ2n) is 5.94. The lowest BCUT2D eigenvalue weighted by Gasteiger charge is -2.16. The van der Waals surface area contributed by atoms with E-state index in [1.165, 1.54) is 10.7 Å². The molecule has 9 heteroatoms. The van der Waals surface area contributed by atoms with Crippen LogP contribution in [0.15, 0.2) is 72.1 Å². The van der Waals surface area contributed by atoms with Gasteiger partial charge in [-0.2, -0.15) is 10.1 Å². The molecule has 0 spiro atoms. The van der Waals surface area contributed by atoms with Crippen molar-refractivity contribution in [2.45, 2.75) is 6.04 Å². The normalized spacial score (nSPS) is 16.2. The Balaban J connectivity index is 1.73. The molecule has 4 rings (SSSR count). The molecule has 1 atom stereocenters. The summed E-state index contributed by atoms with van der Waals surface area (Å²) in [6.07, 6.45) is 3.16. The van der Waals surface area contributed by atoms with E-state index in [-0.39, 0.29) is 11.7 Å². The van der Waals surface area contributed by atoms with E-state index in [0.717, 1.165) is 5.01 Å². The van der Waals surface area contributed by atoms with Gasteiger partial charge in [-0.25, -0.2) is 0 Å². The topological polar surface area (TPSA) is 79.6 Å². The van der Waals surface area contributed by atoms with E-state index in [9.17, 15) is 9.59 Å². The molecule has 0 radical (unpaired) electrons. The summed E-state index contributed by atoms with van der Waals surface area (Å²) in [5.74, 6) is -0.668. The summed E-state index contributed by atoms with van der Waals surface area (Å²) in [5.41, 5.74) is 0.761. The number of amidine groups is 1. The van der Waals surface area contributed by atoms with Crippen LogP contribution in [0.4, 0.5) is 5.69 Å². The first-order valence-electron chi connectivity index (χ1n) is 8.27. The average molecular weight is 414 g/mol. The molecular weight excluding hydrogens is 401 g/mol. The molecule has 140 valence electrons. The molecule has 2 amide bonds. The van der Waals surface area contributed by atoms with Gasteiger partial charge in [0.15, 0.2) is 11.9 Å². The molecule has 0 aliphatic carbocycles. The number of carbonyl (C=O) groups is 2. The highest BCUT2D eigenvalue weighted by Crippen LogP contribution is 2.33. The van der Waals surface area contributed by atoms with Gasteiger partial charge in [0.05, 0.1) is 10.7 Å². The summed E-state index contributed by atoms with van der Waals surface area (Å²) in [6, 6.07) is 14.1. The molecule has 0 saturated heterocycles. The molecular formula is C19H13Cl2N5O2. The number of hydrogen-bond acceptors (Lipinski definition) is 4. The Morgan fingerprint density at radius 2 is 1.86 bits per heavy atom. The van der Waals surface area contributed by atoms with E-state index in [2.05, 4.69) is 15.5 Å². The maximum atomic E-state index is 13.1. The second kappa shape index (κ2) is 7.46. The second-order valence-corrected chi connectivity index (χ2v) is 6.78. The Labute approximate surface area is 170 Å². The van der Waals surface area contributed by atoms with Crippen molar-refractivity contribution in [2.75, 3.05) is 5.01 Å². The summed E-state index contributed by atoms with van der Waals surface area (Å²) in [5, 5.41) is 13.0. The van der Waals surface area contributed by atoms with Crippen LogP contribution in [0.5, 0.6) is 0 Å². The monoisotopic (exact) mass is 413 g/mol. The molecule has 0 saturated carbocycles. The number of hydrazone groups is 1. The van der Waals surface area contributed by atoms with Crippen molar-refractivity contribution in [1.82, 2.24) is 15.1 Å². The van der Waals surface area contributed by atoms with Crippen LogP contribution in [0.2, 0.25) is 10.0 Å². The fourth-order valence-corrected chi connectivity index (χ4v) is 3.17. The van der Waals surface area contributed by atoms with Crippen molar-refractivity contribution >= 4 is 46.5 Å². The Morgan fingerprint density at radius 1 is 1.07 bits per heavy atom. The van der Waals surface area contributed by atoms with Gasteiger partial charge in [-0.3, -0.25) is 14.3 Å². The van der Waals surface area contributed by atoms with Crippen molar-refractivity contribution in [3.63, 3.8) is 0 Å². The van der Waals surface area contributed by atoms with Gasteiger partial charge >= 0.3 is 0 Å². The number of aromatic nitrogens is 2. The predicted molar refractivity (Wildman–Crippen MR) is 107 cm³/mol. The van der Waals surface area contributed by atoms with E-state index in [1.807, 2.05) is 6.07 Å². The zero-order chi connectivity index (χ0) is 19.7. The fraction of sp³-hybridized carbons (Fsp3) is 0.0526. The minimum Gasteiger partial charge on any atom is -0.306 e. The van der Waals surface area contributed by atoms with Gasteiger partial charge in [0.25, 0.3) is 11.8 Å². The lowest BCUT2D eigenvalue weighted by atomic mass is 10.2. The molecule has 0 bridgehead atoms. The quantitative estimate of drug-likeness (QED) is 0.712. The highest BCUT2D eigenvalue weighted by Gasteiger charge is 2.40. The van der Waals surface area contributed by atoms with Gasteiger partial charge in [0.2, 0.25) is 0 Å². The molecule has 1 N–H and O–H groups in total. The molecule has 28 heavy (non-hydrogen) atoms. The molecule has 2 heterocycles. The molecule has 0 fully saturated rings. The lowest BCUT2D eigenvalue weighted by molar-refractivity contribution is -0.119. The molecule has 3 aromatic rings. The maximum absolute atomic E-state index is 13.1. The number of benzene rings is 2. The molecule has 1 unspecified atom stereocenters. The highest BCUT2D eigenvalue weighted by atomic mass is 35.5. The van der Waals surface area contributed by atoms with Gasteiger partial charge in [-0.15, -0.1) is 5.10 Å². The largest absolute Gasteiger partial charge is 0.306 e. The van der Waals surface area contributed by atoms with Gasteiger partial charge in [0.1, 0.15) is 0 Å². The van der Waals surface area contributed by atoms with Crippen molar-refractivity contribution in [1.29, 1.82) is 0 Å². The van der Waals surface area contributed by atoms with E-state index in [0.29, 0.717) is 21.3 Å². The maximum Gasteiger partial charge on any atom is 0.280 e. The number of hydrogen-bond donors (Lipinski definition) is 1. The number of anilines is 1. The number of rotatable bonds is 3. The Kier molecular flexibility index (Phi) is 4.85.